The third kappa shape index (κ3) is 3.36. The van der Waals surface area contributed by atoms with E-state index in [-0.39, 0.29) is 0 Å². The summed E-state index contributed by atoms with van der Waals surface area (Å²) in [7, 11) is 0. The molecule has 0 saturated heterocycles. The van der Waals surface area contributed by atoms with Crippen molar-refractivity contribution in [2.45, 2.75) is 20.5 Å². The minimum Gasteiger partial charge on any atom is -0.488 e. The summed E-state index contributed by atoms with van der Waals surface area (Å²) < 4.78 is 5.67. The fourth-order valence-electron chi connectivity index (χ4n) is 1.80. The van der Waals surface area contributed by atoms with Crippen molar-refractivity contribution in [2.24, 2.45) is 0 Å². The van der Waals surface area contributed by atoms with Crippen molar-refractivity contribution < 1.29 is 9.53 Å². The first-order chi connectivity index (χ1) is 9.10. The maximum atomic E-state index is 11.0. The molecule has 0 amide bonds. The Balaban J connectivity index is 2.14. The van der Waals surface area contributed by atoms with E-state index in [2.05, 4.69) is 26.0 Å². The number of benzene rings is 2. The van der Waals surface area contributed by atoms with Crippen molar-refractivity contribution in [3.8, 4) is 5.75 Å². The van der Waals surface area contributed by atoms with Gasteiger partial charge in [0.2, 0.25) is 0 Å². The molecule has 2 nitrogen and oxygen atoms in total. The fraction of sp³-hybridized carbons (Fsp3) is 0.188. The summed E-state index contributed by atoms with van der Waals surface area (Å²) in [5.41, 5.74) is 4.03. The van der Waals surface area contributed by atoms with Crippen molar-refractivity contribution in [1.82, 2.24) is 0 Å². The molecular weight excluding hydrogens is 260 g/mol. The van der Waals surface area contributed by atoms with Crippen LogP contribution in [-0.4, -0.2) is 6.29 Å². The van der Waals surface area contributed by atoms with E-state index in [0.717, 1.165) is 11.8 Å². The van der Waals surface area contributed by atoms with Crippen molar-refractivity contribution in [3.63, 3.8) is 0 Å². The van der Waals surface area contributed by atoms with Gasteiger partial charge in [0.15, 0.2) is 6.29 Å². The molecule has 0 spiro atoms. The van der Waals surface area contributed by atoms with Crippen LogP contribution in [0.5, 0.6) is 5.75 Å². The van der Waals surface area contributed by atoms with Crippen LogP contribution >= 0.6 is 11.6 Å². The lowest BCUT2D eigenvalue weighted by molar-refractivity contribution is 0.111. The molecule has 0 aromatic heterocycles. The third-order valence-electron chi connectivity index (χ3n) is 3.06. The maximum Gasteiger partial charge on any atom is 0.153 e. The number of halogens is 1. The maximum absolute atomic E-state index is 11.0. The Morgan fingerprint density at radius 3 is 2.58 bits per heavy atom. The van der Waals surface area contributed by atoms with Crippen LogP contribution in [0.4, 0.5) is 0 Å². The SMILES string of the molecule is Cc1ccc(COc2ccc(Cl)cc2C=O)cc1C. The van der Waals surface area contributed by atoms with Gasteiger partial charge in [-0.2, -0.15) is 0 Å². The Kier molecular flexibility index (Phi) is 4.23. The standard InChI is InChI=1S/C16H15ClO2/c1-11-3-4-13(7-12(11)2)10-19-16-6-5-15(17)8-14(16)9-18/h3-9H,10H2,1-2H3. The molecule has 0 saturated carbocycles. The van der Waals surface area contributed by atoms with Crippen LogP contribution < -0.4 is 4.74 Å². The van der Waals surface area contributed by atoms with Gasteiger partial charge in [-0.3, -0.25) is 4.79 Å². The van der Waals surface area contributed by atoms with Gasteiger partial charge in [-0.15, -0.1) is 0 Å². The quantitative estimate of drug-likeness (QED) is 0.775. The smallest absolute Gasteiger partial charge is 0.153 e. The zero-order valence-electron chi connectivity index (χ0n) is 10.9. The van der Waals surface area contributed by atoms with E-state index in [9.17, 15) is 4.79 Å². The summed E-state index contributed by atoms with van der Waals surface area (Å²) in [5, 5.41) is 0.528. The van der Waals surface area contributed by atoms with Crippen molar-refractivity contribution >= 4 is 17.9 Å². The molecular formula is C16H15ClO2. The van der Waals surface area contributed by atoms with Gasteiger partial charge >= 0.3 is 0 Å². The molecule has 0 N–H and O–H groups in total. The number of aryl methyl sites for hydroxylation is 2. The van der Waals surface area contributed by atoms with Gasteiger partial charge in [0.1, 0.15) is 12.4 Å². The first-order valence-corrected chi connectivity index (χ1v) is 6.41. The predicted molar refractivity (Wildman–Crippen MR) is 77.1 cm³/mol. The van der Waals surface area contributed by atoms with Crippen LogP contribution in [0.2, 0.25) is 5.02 Å². The van der Waals surface area contributed by atoms with Crippen LogP contribution in [0.3, 0.4) is 0 Å². The Morgan fingerprint density at radius 2 is 1.89 bits per heavy atom. The highest BCUT2D eigenvalue weighted by molar-refractivity contribution is 6.30. The molecule has 0 fully saturated rings. The van der Waals surface area contributed by atoms with Crippen LogP contribution in [0, 0.1) is 13.8 Å². The van der Waals surface area contributed by atoms with Gasteiger partial charge < -0.3 is 4.74 Å². The summed E-state index contributed by atoms with van der Waals surface area (Å²) in [6.45, 7) is 4.57. The predicted octanol–water partition coefficient (Wildman–Crippen LogP) is 4.35. The van der Waals surface area contributed by atoms with Gasteiger partial charge in [0.05, 0.1) is 5.56 Å². The molecule has 2 aromatic carbocycles. The van der Waals surface area contributed by atoms with Crippen LogP contribution in [0.25, 0.3) is 0 Å². The number of aldehydes is 1. The number of hydrogen-bond acceptors (Lipinski definition) is 2. The van der Waals surface area contributed by atoms with E-state index in [4.69, 9.17) is 16.3 Å². The van der Waals surface area contributed by atoms with Crippen molar-refractivity contribution in [2.75, 3.05) is 0 Å². The molecule has 0 aliphatic rings. The Labute approximate surface area is 118 Å². The summed E-state index contributed by atoms with van der Waals surface area (Å²) in [4.78, 5) is 11.0. The van der Waals surface area contributed by atoms with Crippen LogP contribution in [0.15, 0.2) is 36.4 Å². The molecule has 2 aromatic rings. The minimum absolute atomic E-state index is 0.434. The Bertz CT molecular complexity index is 606. The Morgan fingerprint density at radius 1 is 1.11 bits per heavy atom. The second-order valence-corrected chi connectivity index (χ2v) is 4.94. The number of carbonyl (C=O) groups excluding carboxylic acids is 1. The van der Waals surface area contributed by atoms with E-state index in [1.807, 2.05) is 6.07 Å². The van der Waals surface area contributed by atoms with Crippen molar-refractivity contribution in [1.29, 1.82) is 0 Å². The normalized spacial score (nSPS) is 10.3. The largest absolute Gasteiger partial charge is 0.488 e. The molecule has 0 atom stereocenters. The second-order valence-electron chi connectivity index (χ2n) is 4.51. The molecule has 3 heteroatoms. The van der Waals surface area contributed by atoms with Gasteiger partial charge in [-0.1, -0.05) is 29.8 Å². The molecule has 19 heavy (non-hydrogen) atoms. The molecule has 0 aliphatic carbocycles. The van der Waals surface area contributed by atoms with E-state index < -0.39 is 0 Å². The summed E-state index contributed by atoms with van der Waals surface area (Å²) in [5.74, 6) is 0.553. The second kappa shape index (κ2) is 5.89. The highest BCUT2D eigenvalue weighted by atomic mass is 35.5. The fourth-order valence-corrected chi connectivity index (χ4v) is 1.98. The van der Waals surface area contributed by atoms with Gasteiger partial charge in [0, 0.05) is 5.02 Å². The minimum atomic E-state index is 0.434. The van der Waals surface area contributed by atoms with Crippen LogP contribution in [-0.2, 0) is 6.61 Å². The number of ether oxygens (including phenoxy) is 1. The first kappa shape index (κ1) is 13.6. The van der Waals surface area contributed by atoms with Crippen molar-refractivity contribution in [3.05, 3.63) is 63.7 Å². The monoisotopic (exact) mass is 274 g/mol. The molecule has 2 rings (SSSR count). The van der Waals surface area contributed by atoms with E-state index >= 15 is 0 Å². The summed E-state index contributed by atoms with van der Waals surface area (Å²) >= 11 is 5.84. The third-order valence-corrected chi connectivity index (χ3v) is 3.30. The zero-order chi connectivity index (χ0) is 13.8. The molecule has 0 unspecified atom stereocenters. The van der Waals surface area contributed by atoms with Gasteiger partial charge in [0.25, 0.3) is 0 Å². The first-order valence-electron chi connectivity index (χ1n) is 6.04. The summed E-state index contributed by atoms with van der Waals surface area (Å²) in [6.07, 6.45) is 0.752. The van der Waals surface area contributed by atoms with E-state index in [1.54, 1.807) is 18.2 Å². The molecule has 0 heterocycles. The Hall–Kier alpha value is -1.80. The topological polar surface area (TPSA) is 26.3 Å². The lowest BCUT2D eigenvalue weighted by Crippen LogP contribution is -1.99. The zero-order valence-corrected chi connectivity index (χ0v) is 11.7. The molecule has 98 valence electrons. The highest BCUT2D eigenvalue weighted by Crippen LogP contribution is 2.22. The number of hydrogen-bond donors (Lipinski definition) is 0. The highest BCUT2D eigenvalue weighted by Gasteiger charge is 2.04. The van der Waals surface area contributed by atoms with Gasteiger partial charge in [-0.05, 0) is 48.7 Å². The number of carbonyl (C=O) groups is 1. The average molecular weight is 275 g/mol. The van der Waals surface area contributed by atoms with E-state index in [1.165, 1.54) is 11.1 Å². The summed E-state index contributed by atoms with van der Waals surface area (Å²) in [6, 6.07) is 11.2. The molecule has 0 bridgehead atoms. The molecule has 0 radical (unpaired) electrons. The van der Waals surface area contributed by atoms with Crippen LogP contribution in [0.1, 0.15) is 27.0 Å². The number of rotatable bonds is 4. The average Bonchev–Trinajstić information content (AvgIpc) is 2.41. The molecule has 0 aliphatic heterocycles. The lowest BCUT2D eigenvalue weighted by atomic mass is 10.1. The van der Waals surface area contributed by atoms with E-state index in [0.29, 0.717) is 22.9 Å². The lowest BCUT2D eigenvalue weighted by Gasteiger charge is -2.10. The van der Waals surface area contributed by atoms with Gasteiger partial charge in [-0.25, -0.2) is 0 Å².